The number of halogens is 1. The van der Waals surface area contributed by atoms with Crippen LogP contribution in [0, 0.1) is 12.8 Å². The number of carbonyl (C=O) groups is 1. The third kappa shape index (κ3) is 4.73. The zero-order valence-corrected chi connectivity index (χ0v) is 17.0. The quantitative estimate of drug-likeness (QED) is 0.567. The van der Waals surface area contributed by atoms with E-state index in [-0.39, 0.29) is 11.7 Å². The van der Waals surface area contributed by atoms with Crippen molar-refractivity contribution in [2.45, 2.75) is 32.5 Å². The summed E-state index contributed by atoms with van der Waals surface area (Å²) in [6.07, 6.45) is 1.64. The van der Waals surface area contributed by atoms with E-state index in [1.165, 1.54) is 11.8 Å². The molecule has 0 atom stereocenters. The van der Waals surface area contributed by atoms with E-state index in [0.717, 1.165) is 23.7 Å². The highest BCUT2D eigenvalue weighted by Gasteiger charge is 2.19. The van der Waals surface area contributed by atoms with Crippen LogP contribution in [-0.4, -0.2) is 26.4 Å². The molecule has 0 aliphatic heterocycles. The van der Waals surface area contributed by atoms with Gasteiger partial charge in [-0.05, 0) is 31.0 Å². The molecule has 0 aliphatic carbocycles. The molecule has 0 bridgehead atoms. The fourth-order valence-electron chi connectivity index (χ4n) is 2.62. The van der Waals surface area contributed by atoms with E-state index in [1.807, 2.05) is 29.7 Å². The lowest BCUT2D eigenvalue weighted by Crippen LogP contribution is -2.15. The van der Waals surface area contributed by atoms with Gasteiger partial charge in [0, 0.05) is 6.54 Å². The summed E-state index contributed by atoms with van der Waals surface area (Å²) >= 11 is 7.44. The van der Waals surface area contributed by atoms with Gasteiger partial charge in [-0.25, -0.2) is 0 Å². The average molecular weight is 405 g/mol. The fourth-order valence-corrected chi connectivity index (χ4v) is 3.55. The minimum atomic E-state index is -0.145. The summed E-state index contributed by atoms with van der Waals surface area (Å²) in [7, 11) is 0. The molecule has 1 N–H and O–H groups in total. The number of aryl methyl sites for hydroxylation is 1. The van der Waals surface area contributed by atoms with Crippen LogP contribution in [0.3, 0.4) is 0 Å². The molecule has 0 saturated heterocycles. The topological polar surface area (TPSA) is 72.9 Å². The Balaban J connectivity index is 1.75. The van der Waals surface area contributed by atoms with Crippen LogP contribution in [0.5, 0.6) is 0 Å². The highest BCUT2D eigenvalue weighted by atomic mass is 35.5. The van der Waals surface area contributed by atoms with E-state index in [4.69, 9.17) is 16.0 Å². The molecule has 3 rings (SSSR count). The first-order valence-electron chi connectivity index (χ1n) is 8.60. The minimum Gasteiger partial charge on any atom is -0.469 e. The van der Waals surface area contributed by atoms with Gasteiger partial charge in [0.15, 0.2) is 11.0 Å². The predicted molar refractivity (Wildman–Crippen MR) is 108 cm³/mol. The van der Waals surface area contributed by atoms with Gasteiger partial charge < -0.3 is 14.3 Å². The van der Waals surface area contributed by atoms with Gasteiger partial charge in [0.1, 0.15) is 5.76 Å². The fraction of sp³-hybridized carbons (Fsp3) is 0.316. The molecule has 0 saturated carbocycles. The molecular formula is C19H21ClN4O2S. The van der Waals surface area contributed by atoms with Crippen molar-refractivity contribution in [3.63, 3.8) is 0 Å². The molecule has 0 unspecified atom stereocenters. The Hall–Kier alpha value is -2.25. The number of furan rings is 1. The monoisotopic (exact) mass is 404 g/mol. The van der Waals surface area contributed by atoms with Crippen LogP contribution in [0.1, 0.15) is 19.6 Å². The van der Waals surface area contributed by atoms with Crippen molar-refractivity contribution >= 4 is 35.0 Å². The van der Waals surface area contributed by atoms with E-state index in [2.05, 4.69) is 29.4 Å². The van der Waals surface area contributed by atoms with Gasteiger partial charge in [0.25, 0.3) is 0 Å². The third-order valence-electron chi connectivity index (χ3n) is 3.84. The standard InChI is InChI=1S/C19H21ClN4O2S/c1-12(2)10-24-18(14-8-9-26-13(14)3)22-23-19(24)27-11-17(25)21-16-7-5-4-6-15(16)20/h4-9,12H,10-11H2,1-3H3,(H,21,25). The Bertz CT molecular complexity index is 935. The molecule has 6 nitrogen and oxygen atoms in total. The number of hydrogen-bond donors (Lipinski definition) is 1. The van der Waals surface area contributed by atoms with Crippen molar-refractivity contribution in [3.8, 4) is 11.4 Å². The van der Waals surface area contributed by atoms with E-state index in [9.17, 15) is 4.79 Å². The number of nitrogens with one attached hydrogen (secondary N) is 1. The van der Waals surface area contributed by atoms with Crippen LogP contribution in [0.4, 0.5) is 5.69 Å². The van der Waals surface area contributed by atoms with Crippen LogP contribution in [0.25, 0.3) is 11.4 Å². The molecular weight excluding hydrogens is 384 g/mol. The number of hydrogen-bond acceptors (Lipinski definition) is 5. The van der Waals surface area contributed by atoms with Crippen molar-refractivity contribution < 1.29 is 9.21 Å². The molecule has 27 heavy (non-hydrogen) atoms. The van der Waals surface area contributed by atoms with Crippen molar-refractivity contribution in [1.82, 2.24) is 14.8 Å². The highest BCUT2D eigenvalue weighted by Crippen LogP contribution is 2.28. The van der Waals surface area contributed by atoms with Crippen molar-refractivity contribution in [1.29, 1.82) is 0 Å². The largest absolute Gasteiger partial charge is 0.469 e. The summed E-state index contributed by atoms with van der Waals surface area (Å²) < 4.78 is 7.44. The molecule has 1 aromatic carbocycles. The van der Waals surface area contributed by atoms with E-state index < -0.39 is 0 Å². The lowest BCUT2D eigenvalue weighted by atomic mass is 10.2. The lowest BCUT2D eigenvalue weighted by molar-refractivity contribution is -0.113. The van der Waals surface area contributed by atoms with E-state index >= 15 is 0 Å². The number of aromatic nitrogens is 3. The average Bonchev–Trinajstić information content (AvgIpc) is 3.20. The Kier molecular flexibility index (Phi) is 6.23. The number of para-hydroxylation sites is 1. The first-order chi connectivity index (χ1) is 13.0. The second kappa shape index (κ2) is 8.63. The Labute approximate surface area is 167 Å². The normalized spacial score (nSPS) is 11.1. The van der Waals surface area contributed by atoms with Gasteiger partial charge in [-0.15, -0.1) is 10.2 Å². The first-order valence-corrected chi connectivity index (χ1v) is 9.97. The zero-order valence-electron chi connectivity index (χ0n) is 15.4. The van der Waals surface area contributed by atoms with Crippen molar-refractivity contribution in [2.75, 3.05) is 11.1 Å². The van der Waals surface area contributed by atoms with Gasteiger partial charge in [-0.3, -0.25) is 4.79 Å². The van der Waals surface area contributed by atoms with Crippen LogP contribution >= 0.6 is 23.4 Å². The molecule has 0 spiro atoms. The first kappa shape index (κ1) is 19.5. The molecule has 8 heteroatoms. The summed E-state index contributed by atoms with van der Waals surface area (Å²) in [4.78, 5) is 12.3. The van der Waals surface area contributed by atoms with Crippen LogP contribution < -0.4 is 5.32 Å². The summed E-state index contributed by atoms with van der Waals surface area (Å²) in [6.45, 7) is 6.91. The summed E-state index contributed by atoms with van der Waals surface area (Å²) in [5.41, 5.74) is 1.51. The van der Waals surface area contributed by atoms with Gasteiger partial charge in [0.05, 0.1) is 28.3 Å². The van der Waals surface area contributed by atoms with Crippen LogP contribution in [-0.2, 0) is 11.3 Å². The van der Waals surface area contributed by atoms with E-state index in [0.29, 0.717) is 21.8 Å². The molecule has 1 amide bonds. The van der Waals surface area contributed by atoms with Crippen LogP contribution in [0.15, 0.2) is 46.2 Å². The van der Waals surface area contributed by atoms with Crippen molar-refractivity contribution in [2.24, 2.45) is 5.92 Å². The molecule has 0 fully saturated rings. The smallest absolute Gasteiger partial charge is 0.234 e. The SMILES string of the molecule is Cc1occc1-c1nnc(SCC(=O)Nc2ccccc2Cl)n1CC(C)C. The maximum Gasteiger partial charge on any atom is 0.234 e. The van der Waals surface area contributed by atoms with Gasteiger partial charge in [-0.2, -0.15) is 0 Å². The number of carbonyl (C=O) groups excluding carboxylic acids is 1. The second-order valence-corrected chi connectivity index (χ2v) is 7.87. The summed E-state index contributed by atoms with van der Waals surface area (Å²) in [6, 6.07) is 9.04. The van der Waals surface area contributed by atoms with Crippen molar-refractivity contribution in [3.05, 3.63) is 47.4 Å². The number of nitrogens with zero attached hydrogens (tertiary/aromatic N) is 3. The third-order valence-corrected chi connectivity index (χ3v) is 5.14. The minimum absolute atomic E-state index is 0.145. The van der Waals surface area contributed by atoms with E-state index in [1.54, 1.807) is 18.4 Å². The Morgan fingerprint density at radius 2 is 2.07 bits per heavy atom. The predicted octanol–water partition coefficient (Wildman–Crippen LogP) is 4.89. The number of amides is 1. The molecule has 142 valence electrons. The summed E-state index contributed by atoms with van der Waals surface area (Å²) in [5, 5.41) is 12.7. The molecule has 0 radical (unpaired) electrons. The number of rotatable bonds is 7. The molecule has 0 aliphatic rings. The molecule has 2 aromatic heterocycles. The zero-order chi connectivity index (χ0) is 19.4. The summed E-state index contributed by atoms with van der Waals surface area (Å²) in [5.74, 6) is 2.02. The Morgan fingerprint density at radius 1 is 1.30 bits per heavy atom. The molecule has 2 heterocycles. The van der Waals surface area contributed by atoms with Gasteiger partial charge in [0.2, 0.25) is 5.91 Å². The number of anilines is 1. The number of thioether (sulfide) groups is 1. The molecule has 3 aromatic rings. The maximum atomic E-state index is 12.3. The highest BCUT2D eigenvalue weighted by molar-refractivity contribution is 7.99. The van der Waals surface area contributed by atoms with Crippen LogP contribution in [0.2, 0.25) is 5.02 Å². The van der Waals surface area contributed by atoms with Gasteiger partial charge >= 0.3 is 0 Å². The maximum absolute atomic E-state index is 12.3. The Morgan fingerprint density at radius 3 is 2.74 bits per heavy atom. The lowest BCUT2D eigenvalue weighted by Gasteiger charge is -2.12. The van der Waals surface area contributed by atoms with Gasteiger partial charge in [-0.1, -0.05) is 49.3 Å². The number of benzene rings is 1. The second-order valence-electron chi connectivity index (χ2n) is 6.52.